The van der Waals surface area contributed by atoms with Crippen LogP contribution in [-0.2, 0) is 4.79 Å². The number of hydrogen-bond acceptors (Lipinski definition) is 5. The van der Waals surface area contributed by atoms with Gasteiger partial charge in [0.1, 0.15) is 0 Å². The molecular formula is C15H18N4O2. The van der Waals surface area contributed by atoms with E-state index in [0.29, 0.717) is 0 Å². The molecule has 1 aromatic heterocycles. The number of carboxylic acids is 1. The Kier molecular flexibility index (Phi) is 3.70. The van der Waals surface area contributed by atoms with Crippen LogP contribution in [0.25, 0.3) is 10.8 Å². The van der Waals surface area contributed by atoms with Crippen LogP contribution in [0.1, 0.15) is 5.69 Å². The van der Waals surface area contributed by atoms with E-state index in [-0.39, 0.29) is 6.54 Å². The summed E-state index contributed by atoms with van der Waals surface area (Å²) < 4.78 is 0. The summed E-state index contributed by atoms with van der Waals surface area (Å²) >= 11 is 0. The topological polar surface area (TPSA) is 69.6 Å². The van der Waals surface area contributed by atoms with Crippen LogP contribution in [-0.4, -0.2) is 58.9 Å². The van der Waals surface area contributed by atoms with E-state index in [1.807, 2.05) is 24.0 Å². The van der Waals surface area contributed by atoms with Gasteiger partial charge in [0.05, 0.1) is 12.2 Å². The average Bonchev–Trinajstić information content (AvgIpc) is 2.48. The number of fused-ring (bicyclic) bond motifs is 1. The maximum absolute atomic E-state index is 10.8. The fourth-order valence-electron chi connectivity index (χ4n) is 2.77. The Labute approximate surface area is 123 Å². The number of anilines is 1. The van der Waals surface area contributed by atoms with Crippen molar-refractivity contribution in [3.63, 3.8) is 0 Å². The minimum absolute atomic E-state index is 0.105. The minimum Gasteiger partial charge on any atom is -0.480 e. The molecule has 21 heavy (non-hydrogen) atoms. The molecule has 2 aromatic rings. The first-order valence-corrected chi connectivity index (χ1v) is 7.06. The van der Waals surface area contributed by atoms with Crippen LogP contribution in [0.15, 0.2) is 24.3 Å². The van der Waals surface area contributed by atoms with Gasteiger partial charge in [-0.25, -0.2) is 0 Å². The fourth-order valence-corrected chi connectivity index (χ4v) is 2.77. The van der Waals surface area contributed by atoms with Crippen molar-refractivity contribution < 1.29 is 9.90 Å². The third-order valence-electron chi connectivity index (χ3n) is 3.88. The SMILES string of the molecule is Cc1nnc(N2CCN(CC(=O)O)CC2)c2ccccc12. The van der Waals surface area contributed by atoms with Gasteiger partial charge in [0, 0.05) is 37.0 Å². The predicted molar refractivity (Wildman–Crippen MR) is 80.6 cm³/mol. The van der Waals surface area contributed by atoms with Crippen molar-refractivity contribution >= 4 is 22.6 Å². The number of nitrogens with zero attached hydrogens (tertiary/aromatic N) is 4. The van der Waals surface area contributed by atoms with Gasteiger partial charge < -0.3 is 10.0 Å². The molecule has 1 aliphatic rings. The second-order valence-corrected chi connectivity index (χ2v) is 5.31. The number of carbonyl (C=O) groups is 1. The molecule has 0 amide bonds. The van der Waals surface area contributed by atoms with E-state index in [0.717, 1.165) is 48.5 Å². The zero-order valence-corrected chi connectivity index (χ0v) is 12.0. The van der Waals surface area contributed by atoms with Gasteiger partial charge in [-0.1, -0.05) is 24.3 Å². The largest absolute Gasteiger partial charge is 0.480 e. The van der Waals surface area contributed by atoms with Gasteiger partial charge in [0.2, 0.25) is 0 Å². The second-order valence-electron chi connectivity index (χ2n) is 5.31. The average molecular weight is 286 g/mol. The van der Waals surface area contributed by atoms with Crippen molar-refractivity contribution in [1.29, 1.82) is 0 Å². The molecule has 110 valence electrons. The molecule has 0 bridgehead atoms. The normalized spacial score (nSPS) is 16.3. The van der Waals surface area contributed by atoms with Crippen molar-refractivity contribution in [1.82, 2.24) is 15.1 Å². The highest BCUT2D eigenvalue weighted by atomic mass is 16.4. The molecule has 1 saturated heterocycles. The van der Waals surface area contributed by atoms with Gasteiger partial charge in [0.15, 0.2) is 5.82 Å². The number of aryl methyl sites for hydroxylation is 1. The lowest BCUT2D eigenvalue weighted by Crippen LogP contribution is -2.48. The first-order valence-electron chi connectivity index (χ1n) is 7.06. The Hall–Kier alpha value is -2.21. The Balaban J connectivity index is 1.83. The van der Waals surface area contributed by atoms with Gasteiger partial charge in [-0.2, -0.15) is 5.10 Å². The summed E-state index contributed by atoms with van der Waals surface area (Å²) in [5.74, 6) is 0.121. The van der Waals surface area contributed by atoms with Crippen LogP contribution in [0, 0.1) is 6.92 Å². The molecule has 1 aromatic carbocycles. The van der Waals surface area contributed by atoms with Crippen LogP contribution in [0.4, 0.5) is 5.82 Å². The van der Waals surface area contributed by atoms with E-state index in [1.165, 1.54) is 0 Å². The number of carboxylic acid groups (broad SMARTS) is 1. The van der Waals surface area contributed by atoms with E-state index in [1.54, 1.807) is 0 Å². The summed E-state index contributed by atoms with van der Waals surface area (Å²) in [4.78, 5) is 14.9. The van der Waals surface area contributed by atoms with Crippen molar-refractivity contribution in [3.05, 3.63) is 30.0 Å². The maximum atomic E-state index is 10.8. The second kappa shape index (κ2) is 5.65. The highest BCUT2D eigenvalue weighted by Crippen LogP contribution is 2.26. The molecular weight excluding hydrogens is 268 g/mol. The molecule has 1 fully saturated rings. The van der Waals surface area contributed by atoms with Gasteiger partial charge in [-0.3, -0.25) is 9.69 Å². The van der Waals surface area contributed by atoms with Crippen molar-refractivity contribution in [2.45, 2.75) is 6.92 Å². The summed E-state index contributed by atoms with van der Waals surface area (Å²) in [6.07, 6.45) is 0. The molecule has 1 N–H and O–H groups in total. The van der Waals surface area contributed by atoms with Crippen LogP contribution in [0.5, 0.6) is 0 Å². The lowest BCUT2D eigenvalue weighted by molar-refractivity contribution is -0.138. The molecule has 0 saturated carbocycles. The summed E-state index contributed by atoms with van der Waals surface area (Å²) in [5, 5.41) is 19.7. The molecule has 6 nitrogen and oxygen atoms in total. The van der Waals surface area contributed by atoms with Crippen LogP contribution >= 0.6 is 0 Å². The van der Waals surface area contributed by atoms with E-state index in [9.17, 15) is 4.79 Å². The Bertz CT molecular complexity index is 666. The van der Waals surface area contributed by atoms with Crippen LogP contribution in [0.2, 0.25) is 0 Å². The van der Waals surface area contributed by atoms with Gasteiger partial charge in [0.25, 0.3) is 0 Å². The standard InChI is InChI=1S/C15H18N4O2/c1-11-12-4-2-3-5-13(12)15(17-16-11)19-8-6-18(7-9-19)10-14(20)21/h2-5H,6-10H2,1H3,(H,20,21). The molecule has 0 aliphatic carbocycles. The third kappa shape index (κ3) is 2.80. The molecule has 0 radical (unpaired) electrons. The summed E-state index contributed by atoms with van der Waals surface area (Å²) in [6.45, 7) is 5.08. The van der Waals surface area contributed by atoms with Gasteiger partial charge in [-0.15, -0.1) is 5.10 Å². The molecule has 2 heterocycles. The lowest BCUT2D eigenvalue weighted by atomic mass is 10.1. The molecule has 3 rings (SSSR count). The van der Waals surface area contributed by atoms with Gasteiger partial charge in [-0.05, 0) is 6.92 Å². The molecule has 0 spiro atoms. The smallest absolute Gasteiger partial charge is 0.317 e. The Morgan fingerprint density at radius 1 is 1.14 bits per heavy atom. The van der Waals surface area contributed by atoms with Crippen molar-refractivity contribution in [2.75, 3.05) is 37.6 Å². The van der Waals surface area contributed by atoms with Crippen molar-refractivity contribution in [2.24, 2.45) is 0 Å². The van der Waals surface area contributed by atoms with Crippen molar-refractivity contribution in [3.8, 4) is 0 Å². The minimum atomic E-state index is -0.774. The summed E-state index contributed by atoms with van der Waals surface area (Å²) in [5.41, 5.74) is 0.930. The number of aliphatic carboxylic acids is 1. The number of aromatic nitrogens is 2. The van der Waals surface area contributed by atoms with Crippen LogP contribution in [0.3, 0.4) is 0 Å². The van der Waals surface area contributed by atoms with E-state index in [2.05, 4.69) is 27.2 Å². The van der Waals surface area contributed by atoms with Gasteiger partial charge >= 0.3 is 5.97 Å². The quantitative estimate of drug-likeness (QED) is 0.912. The third-order valence-corrected chi connectivity index (χ3v) is 3.88. The molecule has 0 unspecified atom stereocenters. The van der Waals surface area contributed by atoms with Crippen LogP contribution < -0.4 is 4.90 Å². The number of benzene rings is 1. The number of rotatable bonds is 3. The highest BCUT2D eigenvalue weighted by molar-refractivity contribution is 5.93. The van der Waals surface area contributed by atoms with E-state index in [4.69, 9.17) is 5.11 Å². The first-order chi connectivity index (χ1) is 10.1. The molecule has 6 heteroatoms. The predicted octanol–water partition coefficient (Wildman–Crippen LogP) is 1.14. The Morgan fingerprint density at radius 3 is 2.48 bits per heavy atom. The number of piperazine rings is 1. The van der Waals surface area contributed by atoms with E-state index >= 15 is 0 Å². The number of hydrogen-bond donors (Lipinski definition) is 1. The summed E-state index contributed by atoms with van der Waals surface area (Å²) in [7, 11) is 0. The van der Waals surface area contributed by atoms with E-state index < -0.39 is 5.97 Å². The Morgan fingerprint density at radius 2 is 1.81 bits per heavy atom. The highest BCUT2D eigenvalue weighted by Gasteiger charge is 2.21. The maximum Gasteiger partial charge on any atom is 0.317 e. The summed E-state index contributed by atoms with van der Waals surface area (Å²) in [6, 6.07) is 8.14. The zero-order chi connectivity index (χ0) is 14.8. The molecule has 1 aliphatic heterocycles. The lowest BCUT2D eigenvalue weighted by Gasteiger charge is -2.34. The zero-order valence-electron chi connectivity index (χ0n) is 12.0. The fraction of sp³-hybridized carbons (Fsp3) is 0.400. The monoisotopic (exact) mass is 286 g/mol. The molecule has 0 atom stereocenters. The first kappa shape index (κ1) is 13.8.